The second kappa shape index (κ2) is 6.70. The van der Waals surface area contributed by atoms with E-state index in [2.05, 4.69) is 52.6 Å². The molecule has 106 valence electrons. The number of hydrogen-bond acceptors (Lipinski definition) is 3. The number of benzene rings is 1. The number of nitro groups is 1. The van der Waals surface area contributed by atoms with Crippen LogP contribution in [0.5, 0.6) is 5.75 Å². The maximum atomic E-state index is 10.7. The van der Waals surface area contributed by atoms with Gasteiger partial charge in [-0.15, -0.1) is 0 Å². The number of rotatable bonds is 5. The van der Waals surface area contributed by atoms with Crippen LogP contribution in [0.4, 0.5) is 5.69 Å². The largest absolute Gasteiger partial charge is 0.492 e. The highest BCUT2D eigenvalue weighted by molar-refractivity contribution is 9.10. The molecule has 0 aliphatic rings. The minimum atomic E-state index is -0.426. The van der Waals surface area contributed by atoms with Gasteiger partial charge in [0.15, 0.2) is 0 Å². The molecular formula is C13H17Br2NO3. The summed E-state index contributed by atoms with van der Waals surface area (Å²) >= 11 is 6.82. The van der Waals surface area contributed by atoms with Crippen LogP contribution >= 0.6 is 31.9 Å². The Bertz CT molecular complexity index is 458. The lowest BCUT2D eigenvalue weighted by atomic mass is 9.83. The summed E-state index contributed by atoms with van der Waals surface area (Å²) in [5.41, 5.74) is 0.140. The number of halogens is 2. The van der Waals surface area contributed by atoms with Gasteiger partial charge in [-0.05, 0) is 27.4 Å². The van der Waals surface area contributed by atoms with Gasteiger partial charge in [-0.2, -0.15) is 0 Å². The van der Waals surface area contributed by atoms with Crippen LogP contribution in [0, 0.1) is 21.4 Å². The second-order valence-corrected chi connectivity index (χ2v) is 6.90. The molecule has 0 bridgehead atoms. The molecule has 0 saturated heterocycles. The van der Waals surface area contributed by atoms with Crippen molar-refractivity contribution >= 4 is 37.5 Å². The standard InChI is InChI=1S/C13H17Br2NO3/c1-13(2,3)9(7-14)8-19-12-6-10(16(17)18)4-5-11(12)15/h4-6,9H,7-8H2,1-3H3. The van der Waals surface area contributed by atoms with Crippen molar-refractivity contribution in [3.8, 4) is 5.75 Å². The molecule has 0 aliphatic carbocycles. The lowest BCUT2D eigenvalue weighted by Crippen LogP contribution is -2.27. The smallest absolute Gasteiger partial charge is 0.273 e. The van der Waals surface area contributed by atoms with Gasteiger partial charge in [0, 0.05) is 17.3 Å². The van der Waals surface area contributed by atoms with Crippen molar-refractivity contribution in [2.24, 2.45) is 11.3 Å². The topological polar surface area (TPSA) is 52.4 Å². The molecule has 0 fully saturated rings. The normalized spacial score (nSPS) is 13.1. The molecule has 0 heterocycles. The number of nitro benzene ring substituents is 1. The van der Waals surface area contributed by atoms with Crippen molar-refractivity contribution in [2.75, 3.05) is 11.9 Å². The molecule has 0 aromatic heterocycles. The van der Waals surface area contributed by atoms with Crippen LogP contribution < -0.4 is 4.74 Å². The fourth-order valence-electron chi connectivity index (χ4n) is 1.43. The third-order valence-electron chi connectivity index (χ3n) is 2.98. The van der Waals surface area contributed by atoms with Crippen LogP contribution in [-0.2, 0) is 0 Å². The monoisotopic (exact) mass is 393 g/mol. The lowest BCUT2D eigenvalue weighted by molar-refractivity contribution is -0.385. The van der Waals surface area contributed by atoms with Crippen LogP contribution in [0.3, 0.4) is 0 Å². The Morgan fingerprint density at radius 1 is 1.42 bits per heavy atom. The van der Waals surface area contributed by atoms with E-state index in [1.807, 2.05) is 0 Å². The zero-order chi connectivity index (χ0) is 14.6. The Morgan fingerprint density at radius 3 is 2.53 bits per heavy atom. The Balaban J connectivity index is 2.82. The van der Waals surface area contributed by atoms with E-state index in [4.69, 9.17) is 4.74 Å². The summed E-state index contributed by atoms with van der Waals surface area (Å²) in [5.74, 6) is 0.822. The highest BCUT2D eigenvalue weighted by atomic mass is 79.9. The molecule has 1 aromatic rings. The van der Waals surface area contributed by atoms with E-state index in [-0.39, 0.29) is 11.1 Å². The average molecular weight is 395 g/mol. The van der Waals surface area contributed by atoms with Crippen molar-refractivity contribution in [3.63, 3.8) is 0 Å². The van der Waals surface area contributed by atoms with Crippen molar-refractivity contribution in [3.05, 3.63) is 32.8 Å². The van der Waals surface area contributed by atoms with Gasteiger partial charge in [0.25, 0.3) is 5.69 Å². The van der Waals surface area contributed by atoms with Crippen LogP contribution in [0.25, 0.3) is 0 Å². The molecule has 4 nitrogen and oxygen atoms in total. The van der Waals surface area contributed by atoms with Gasteiger partial charge in [0.05, 0.1) is 22.1 Å². The first-order chi connectivity index (χ1) is 8.75. The van der Waals surface area contributed by atoms with Gasteiger partial charge < -0.3 is 4.74 Å². The average Bonchev–Trinajstić information content (AvgIpc) is 2.30. The molecule has 0 saturated carbocycles. The number of hydrogen-bond donors (Lipinski definition) is 0. The van der Waals surface area contributed by atoms with E-state index >= 15 is 0 Å². The van der Waals surface area contributed by atoms with E-state index in [9.17, 15) is 10.1 Å². The maximum absolute atomic E-state index is 10.7. The van der Waals surface area contributed by atoms with Gasteiger partial charge in [-0.3, -0.25) is 10.1 Å². The third kappa shape index (κ3) is 4.76. The van der Waals surface area contributed by atoms with Gasteiger partial charge >= 0.3 is 0 Å². The van der Waals surface area contributed by atoms with Crippen LogP contribution in [-0.4, -0.2) is 16.9 Å². The molecular weight excluding hydrogens is 378 g/mol. The predicted octanol–water partition coefficient (Wildman–Crippen LogP) is 4.79. The van der Waals surface area contributed by atoms with Crippen LogP contribution in [0.15, 0.2) is 22.7 Å². The van der Waals surface area contributed by atoms with Crippen molar-refractivity contribution in [1.82, 2.24) is 0 Å². The fourth-order valence-corrected chi connectivity index (χ4v) is 2.95. The van der Waals surface area contributed by atoms with Gasteiger partial charge in [0.2, 0.25) is 0 Å². The van der Waals surface area contributed by atoms with Crippen LogP contribution in [0.2, 0.25) is 0 Å². The van der Waals surface area contributed by atoms with E-state index in [0.717, 1.165) is 9.80 Å². The molecule has 0 spiro atoms. The molecule has 0 aliphatic heterocycles. The summed E-state index contributed by atoms with van der Waals surface area (Å²) in [7, 11) is 0. The first kappa shape index (κ1) is 16.4. The summed E-state index contributed by atoms with van der Waals surface area (Å²) in [6.07, 6.45) is 0. The van der Waals surface area contributed by atoms with Gasteiger partial charge in [-0.1, -0.05) is 36.7 Å². The Labute approximate surface area is 129 Å². The summed E-state index contributed by atoms with van der Waals surface area (Å²) in [4.78, 5) is 10.3. The molecule has 1 atom stereocenters. The Hall–Kier alpha value is -0.620. The van der Waals surface area contributed by atoms with Crippen LogP contribution in [0.1, 0.15) is 20.8 Å². The second-order valence-electron chi connectivity index (χ2n) is 5.40. The quantitative estimate of drug-likeness (QED) is 0.409. The van der Waals surface area contributed by atoms with E-state index in [0.29, 0.717) is 18.3 Å². The number of non-ortho nitro benzene ring substituents is 1. The van der Waals surface area contributed by atoms with Crippen molar-refractivity contribution in [2.45, 2.75) is 20.8 Å². The zero-order valence-corrected chi connectivity index (χ0v) is 14.3. The van der Waals surface area contributed by atoms with Gasteiger partial charge in [0.1, 0.15) is 5.75 Å². The first-order valence-electron chi connectivity index (χ1n) is 5.88. The minimum absolute atomic E-state index is 0.0318. The SMILES string of the molecule is CC(C)(C)C(CBr)COc1cc([N+](=O)[O-])ccc1Br. The van der Waals surface area contributed by atoms with Crippen molar-refractivity contribution in [1.29, 1.82) is 0 Å². The maximum Gasteiger partial charge on any atom is 0.273 e. The molecule has 19 heavy (non-hydrogen) atoms. The lowest BCUT2D eigenvalue weighted by Gasteiger charge is -2.29. The number of alkyl halides is 1. The number of ether oxygens (including phenoxy) is 1. The Morgan fingerprint density at radius 2 is 2.05 bits per heavy atom. The molecule has 0 N–H and O–H groups in total. The predicted molar refractivity (Wildman–Crippen MR) is 83.0 cm³/mol. The van der Waals surface area contributed by atoms with Crippen molar-refractivity contribution < 1.29 is 9.66 Å². The highest BCUT2D eigenvalue weighted by Gasteiger charge is 2.24. The summed E-state index contributed by atoms with van der Waals surface area (Å²) in [6.45, 7) is 6.94. The summed E-state index contributed by atoms with van der Waals surface area (Å²) < 4.78 is 6.45. The molecule has 1 aromatic carbocycles. The summed E-state index contributed by atoms with van der Waals surface area (Å²) in [6, 6.07) is 4.52. The van der Waals surface area contributed by atoms with E-state index in [1.165, 1.54) is 12.1 Å². The number of nitrogens with zero attached hydrogens (tertiary/aromatic N) is 1. The van der Waals surface area contributed by atoms with E-state index < -0.39 is 4.92 Å². The molecule has 0 amide bonds. The zero-order valence-electron chi connectivity index (χ0n) is 11.2. The highest BCUT2D eigenvalue weighted by Crippen LogP contribution is 2.32. The molecule has 6 heteroatoms. The minimum Gasteiger partial charge on any atom is -0.492 e. The van der Waals surface area contributed by atoms with Gasteiger partial charge in [-0.25, -0.2) is 0 Å². The summed E-state index contributed by atoms with van der Waals surface area (Å²) in [5, 5.41) is 11.6. The molecule has 0 radical (unpaired) electrons. The fraction of sp³-hybridized carbons (Fsp3) is 0.538. The Kier molecular flexibility index (Phi) is 5.80. The van der Waals surface area contributed by atoms with E-state index in [1.54, 1.807) is 6.07 Å². The first-order valence-corrected chi connectivity index (χ1v) is 7.80. The third-order valence-corrected chi connectivity index (χ3v) is 4.41. The molecule has 1 rings (SSSR count). The molecule has 1 unspecified atom stereocenters.